The molecule has 0 aromatic heterocycles. The first-order chi connectivity index (χ1) is 8.34. The van der Waals surface area contributed by atoms with Gasteiger partial charge in [-0.1, -0.05) is 0 Å². The lowest BCUT2D eigenvalue weighted by Crippen LogP contribution is -2.77. The fourth-order valence-corrected chi connectivity index (χ4v) is 2.56. The van der Waals surface area contributed by atoms with Crippen LogP contribution in [0.3, 0.4) is 0 Å². The number of amides is 4. The summed E-state index contributed by atoms with van der Waals surface area (Å²) in [4.78, 5) is 36.7. The van der Waals surface area contributed by atoms with Crippen molar-refractivity contribution in [2.24, 2.45) is 5.73 Å². The normalized spacial score (nSPS) is 33.2. The monoisotopic (exact) mass is 255 g/mol. The molecule has 2 aliphatic rings. The Morgan fingerprint density at radius 3 is 2.56 bits per heavy atom. The second-order valence-electron chi connectivity index (χ2n) is 4.69. The number of nitrogens with two attached hydrogens (primary N) is 1. The average Bonchev–Trinajstić information content (AvgIpc) is 2.24. The highest BCUT2D eigenvalue weighted by atomic mass is 16.2. The van der Waals surface area contributed by atoms with Gasteiger partial charge in [0.25, 0.3) is 0 Å². The van der Waals surface area contributed by atoms with Gasteiger partial charge in [0, 0.05) is 7.05 Å². The topological polar surface area (TPSA) is 99.0 Å². The van der Waals surface area contributed by atoms with Crippen LogP contribution in [0, 0.1) is 0 Å². The summed E-state index contributed by atoms with van der Waals surface area (Å²) < 4.78 is 0. The Bertz CT molecular complexity index is 412. The van der Waals surface area contributed by atoms with E-state index in [1.165, 1.54) is 14.9 Å². The largest absolute Gasteiger partial charge is 0.350 e. The van der Waals surface area contributed by atoms with E-state index < -0.39 is 18.2 Å². The first-order valence-electron chi connectivity index (χ1n) is 5.76. The van der Waals surface area contributed by atoms with E-state index in [4.69, 9.17) is 5.73 Å². The highest BCUT2D eigenvalue weighted by molar-refractivity contribution is 5.91. The second-order valence-corrected chi connectivity index (χ2v) is 4.69. The Kier molecular flexibility index (Phi) is 2.89. The molecule has 0 radical (unpaired) electrons. The van der Waals surface area contributed by atoms with Crippen LogP contribution < -0.4 is 11.1 Å². The number of primary amides is 1. The summed E-state index contributed by atoms with van der Waals surface area (Å²) in [6.07, 6.45) is -0.568. The second kappa shape index (κ2) is 4.13. The summed E-state index contributed by atoms with van der Waals surface area (Å²) in [5, 5.41) is 5.53. The third kappa shape index (κ3) is 1.69. The van der Waals surface area contributed by atoms with Crippen molar-refractivity contribution >= 4 is 17.8 Å². The van der Waals surface area contributed by atoms with E-state index in [1.54, 1.807) is 20.9 Å². The van der Waals surface area contributed by atoms with Gasteiger partial charge in [0.2, 0.25) is 11.8 Å². The molecule has 3 atom stereocenters. The Balaban J connectivity index is 2.41. The number of hydrazine groups is 1. The van der Waals surface area contributed by atoms with Gasteiger partial charge in [0.05, 0.1) is 12.6 Å². The van der Waals surface area contributed by atoms with Crippen LogP contribution in [0.5, 0.6) is 0 Å². The Hall–Kier alpha value is -1.83. The lowest BCUT2D eigenvalue weighted by Gasteiger charge is -2.53. The number of piperazine rings is 1. The average molecular weight is 255 g/mol. The Labute approximate surface area is 105 Å². The molecule has 2 rings (SSSR count). The van der Waals surface area contributed by atoms with E-state index >= 15 is 0 Å². The maximum absolute atomic E-state index is 12.0. The van der Waals surface area contributed by atoms with E-state index in [0.29, 0.717) is 0 Å². The molecule has 8 heteroatoms. The van der Waals surface area contributed by atoms with Gasteiger partial charge in [-0.2, -0.15) is 0 Å². The van der Waals surface area contributed by atoms with Gasteiger partial charge < -0.3 is 16.0 Å². The molecule has 18 heavy (non-hydrogen) atoms. The summed E-state index contributed by atoms with van der Waals surface area (Å²) in [5.74, 6) is -0.407. The predicted molar refractivity (Wildman–Crippen MR) is 61.8 cm³/mol. The Morgan fingerprint density at radius 1 is 1.39 bits per heavy atom. The van der Waals surface area contributed by atoms with Crippen LogP contribution in [-0.4, -0.2) is 64.6 Å². The summed E-state index contributed by atoms with van der Waals surface area (Å²) >= 11 is 0. The van der Waals surface area contributed by atoms with E-state index in [1.807, 2.05) is 0 Å². The molecule has 8 nitrogen and oxygen atoms in total. The predicted octanol–water partition coefficient (Wildman–Crippen LogP) is -1.71. The quantitative estimate of drug-likeness (QED) is 0.538. The van der Waals surface area contributed by atoms with Crippen LogP contribution in [-0.2, 0) is 9.59 Å². The molecule has 0 bridgehead atoms. The van der Waals surface area contributed by atoms with Crippen LogP contribution in [0.4, 0.5) is 4.79 Å². The molecule has 0 spiro atoms. The van der Waals surface area contributed by atoms with E-state index in [0.717, 1.165) is 0 Å². The molecule has 0 aromatic rings. The van der Waals surface area contributed by atoms with E-state index in [-0.39, 0.29) is 24.4 Å². The number of likely N-dealkylation sites (N-methyl/N-ethyl adjacent to an activating group) is 1. The third-order valence-corrected chi connectivity index (χ3v) is 3.40. The van der Waals surface area contributed by atoms with Gasteiger partial charge >= 0.3 is 6.03 Å². The smallest absolute Gasteiger partial charge is 0.331 e. The molecule has 2 saturated heterocycles. The van der Waals surface area contributed by atoms with Crippen molar-refractivity contribution in [1.29, 1.82) is 0 Å². The highest BCUT2D eigenvalue weighted by Crippen LogP contribution is 2.24. The number of carbonyl (C=O) groups is 3. The fraction of sp³-hybridized carbons (Fsp3) is 0.700. The molecule has 0 saturated carbocycles. The van der Waals surface area contributed by atoms with Crippen molar-refractivity contribution in [2.45, 2.75) is 32.1 Å². The first-order valence-corrected chi connectivity index (χ1v) is 5.76. The summed E-state index contributed by atoms with van der Waals surface area (Å²) in [6, 6.07) is -1.61. The number of hydrogen-bond donors (Lipinski definition) is 2. The molecular formula is C10H17N5O3. The van der Waals surface area contributed by atoms with Crippen LogP contribution in [0.1, 0.15) is 13.8 Å². The molecule has 4 amide bonds. The van der Waals surface area contributed by atoms with Gasteiger partial charge in [-0.25, -0.2) is 14.8 Å². The Morgan fingerprint density at radius 2 is 2.00 bits per heavy atom. The van der Waals surface area contributed by atoms with Crippen LogP contribution >= 0.6 is 0 Å². The first kappa shape index (κ1) is 12.6. The van der Waals surface area contributed by atoms with Gasteiger partial charge in [-0.05, 0) is 13.8 Å². The number of hydrogen-bond acceptors (Lipinski definition) is 4. The lowest BCUT2D eigenvalue weighted by molar-refractivity contribution is -0.180. The van der Waals surface area contributed by atoms with Crippen LogP contribution in [0.25, 0.3) is 0 Å². The number of nitrogens with one attached hydrogen (secondary N) is 1. The van der Waals surface area contributed by atoms with Crippen molar-refractivity contribution in [3.63, 3.8) is 0 Å². The van der Waals surface area contributed by atoms with Crippen LogP contribution in [0.15, 0.2) is 0 Å². The fourth-order valence-electron chi connectivity index (χ4n) is 2.56. The van der Waals surface area contributed by atoms with Gasteiger partial charge in [0.1, 0.15) is 12.2 Å². The molecule has 100 valence electrons. The van der Waals surface area contributed by atoms with Gasteiger partial charge in [0.15, 0.2) is 0 Å². The van der Waals surface area contributed by atoms with Crippen LogP contribution in [0.2, 0.25) is 0 Å². The zero-order chi connectivity index (χ0) is 13.6. The summed E-state index contributed by atoms with van der Waals surface area (Å²) in [7, 11) is 1.62. The van der Waals surface area contributed by atoms with Crippen molar-refractivity contribution in [2.75, 3.05) is 13.6 Å². The zero-order valence-corrected chi connectivity index (χ0v) is 10.6. The van der Waals surface area contributed by atoms with Crippen molar-refractivity contribution in [3.05, 3.63) is 0 Å². The number of nitrogens with zero attached hydrogens (tertiary/aromatic N) is 3. The van der Waals surface area contributed by atoms with Crippen molar-refractivity contribution in [1.82, 2.24) is 20.2 Å². The highest BCUT2D eigenvalue weighted by Gasteiger charge is 2.49. The molecule has 2 heterocycles. The number of fused-ring (bicyclic) bond motifs is 1. The third-order valence-electron chi connectivity index (χ3n) is 3.40. The minimum Gasteiger partial charge on any atom is -0.350 e. The maximum Gasteiger partial charge on any atom is 0.331 e. The molecule has 2 aliphatic heterocycles. The van der Waals surface area contributed by atoms with E-state index in [9.17, 15) is 14.4 Å². The molecule has 0 aliphatic carbocycles. The van der Waals surface area contributed by atoms with Gasteiger partial charge in [-0.15, -0.1) is 0 Å². The standard InChI is InChI=1S/C10H17N5O3/c1-5-9-14(6(2)8(17)12-5)7(16)4-13(3)15(9)10(11)18/h5-6,9H,4H2,1-3H3,(H2,11,18)(H,12,17). The molecule has 3 unspecified atom stereocenters. The SMILES string of the molecule is CC1NC(=O)C(C)N2C(=O)CN(C)N(C(N)=O)C12. The summed E-state index contributed by atoms with van der Waals surface area (Å²) in [6.45, 7) is 3.41. The van der Waals surface area contributed by atoms with Crippen molar-refractivity contribution in [3.8, 4) is 0 Å². The maximum atomic E-state index is 12.0. The van der Waals surface area contributed by atoms with Crippen molar-refractivity contribution < 1.29 is 14.4 Å². The zero-order valence-electron chi connectivity index (χ0n) is 10.6. The molecule has 2 fully saturated rings. The minimum absolute atomic E-state index is 0.0315. The number of carbonyl (C=O) groups excluding carboxylic acids is 3. The number of rotatable bonds is 0. The lowest BCUT2D eigenvalue weighted by atomic mass is 10.0. The molecule has 3 N–H and O–H groups in total. The number of urea groups is 1. The molecule has 0 aromatic carbocycles. The van der Waals surface area contributed by atoms with Gasteiger partial charge in [-0.3, -0.25) is 9.59 Å². The molecular weight excluding hydrogens is 238 g/mol. The van der Waals surface area contributed by atoms with E-state index in [2.05, 4.69) is 5.32 Å². The minimum atomic E-state index is -0.643. The summed E-state index contributed by atoms with van der Waals surface area (Å²) in [5.41, 5.74) is 5.35.